The normalized spacial score (nSPS) is 28.6. The number of thiophene rings is 1. The van der Waals surface area contributed by atoms with E-state index in [9.17, 15) is 14.7 Å². The van der Waals surface area contributed by atoms with Crippen molar-refractivity contribution in [1.82, 2.24) is 15.0 Å². The maximum absolute atomic E-state index is 14.2. The van der Waals surface area contributed by atoms with Crippen molar-refractivity contribution >= 4 is 28.9 Å². The van der Waals surface area contributed by atoms with Gasteiger partial charge in [-0.3, -0.25) is 4.79 Å². The molecule has 0 bridgehead atoms. The van der Waals surface area contributed by atoms with Gasteiger partial charge in [0.05, 0.1) is 17.9 Å². The summed E-state index contributed by atoms with van der Waals surface area (Å²) in [5.41, 5.74) is 1.01. The number of carbonyl (C=O) groups excluding carboxylic acids is 1. The van der Waals surface area contributed by atoms with E-state index in [0.29, 0.717) is 27.8 Å². The highest BCUT2D eigenvalue weighted by Gasteiger charge is 2.39. The first-order valence-corrected chi connectivity index (χ1v) is 15.1. The topological polar surface area (TPSA) is 88.3 Å². The number of carboxylic acid groups (broad SMARTS) is 1. The number of rotatable bonds is 6. The highest BCUT2D eigenvalue weighted by molar-refractivity contribution is 7.14. The third kappa shape index (κ3) is 5.79. The van der Waals surface area contributed by atoms with Gasteiger partial charge >= 0.3 is 5.97 Å². The fourth-order valence-electron chi connectivity index (χ4n) is 6.81. The first kappa shape index (κ1) is 26.4. The molecule has 0 saturated heterocycles. The van der Waals surface area contributed by atoms with E-state index < -0.39 is 5.97 Å². The van der Waals surface area contributed by atoms with Crippen molar-refractivity contribution in [2.75, 3.05) is 4.90 Å². The van der Waals surface area contributed by atoms with Gasteiger partial charge in [0.1, 0.15) is 4.88 Å². The number of aromatic nitrogens is 3. The van der Waals surface area contributed by atoms with Crippen LogP contribution in [-0.2, 0) is 4.79 Å². The van der Waals surface area contributed by atoms with Gasteiger partial charge in [-0.25, -0.2) is 9.48 Å². The molecule has 3 aliphatic carbocycles. The van der Waals surface area contributed by atoms with Gasteiger partial charge in [-0.1, -0.05) is 26.0 Å². The van der Waals surface area contributed by atoms with E-state index in [4.69, 9.17) is 0 Å². The summed E-state index contributed by atoms with van der Waals surface area (Å²) in [5, 5.41) is 18.4. The predicted molar refractivity (Wildman–Crippen MR) is 146 cm³/mol. The van der Waals surface area contributed by atoms with Gasteiger partial charge in [-0.2, -0.15) is 0 Å². The Kier molecular flexibility index (Phi) is 7.75. The molecule has 0 aromatic carbocycles. The van der Waals surface area contributed by atoms with Crippen molar-refractivity contribution < 1.29 is 14.7 Å². The third-order valence-electron chi connectivity index (χ3n) is 9.38. The van der Waals surface area contributed by atoms with Gasteiger partial charge in [0.2, 0.25) is 5.91 Å². The van der Waals surface area contributed by atoms with E-state index in [2.05, 4.69) is 37.1 Å². The zero-order valence-electron chi connectivity index (χ0n) is 22.6. The highest BCUT2D eigenvalue weighted by Crippen LogP contribution is 2.47. The number of nitrogens with zero attached hydrogens (tertiary/aromatic N) is 4. The van der Waals surface area contributed by atoms with Crippen molar-refractivity contribution in [1.29, 1.82) is 0 Å². The monoisotopic (exact) mass is 526 g/mol. The van der Waals surface area contributed by atoms with Crippen molar-refractivity contribution in [2.45, 2.75) is 116 Å². The largest absolute Gasteiger partial charge is 0.477 e. The summed E-state index contributed by atoms with van der Waals surface area (Å²) in [7, 11) is 0. The predicted octanol–water partition coefficient (Wildman–Crippen LogP) is 7.06. The molecule has 0 spiro atoms. The minimum atomic E-state index is -0.909. The molecule has 1 amide bonds. The van der Waals surface area contributed by atoms with Crippen LogP contribution < -0.4 is 4.90 Å². The van der Waals surface area contributed by atoms with Gasteiger partial charge in [-0.15, -0.1) is 16.4 Å². The fourth-order valence-corrected chi connectivity index (χ4v) is 7.97. The van der Waals surface area contributed by atoms with Gasteiger partial charge < -0.3 is 10.0 Å². The molecule has 3 saturated carbocycles. The summed E-state index contributed by atoms with van der Waals surface area (Å²) in [4.78, 5) is 30.1. The van der Waals surface area contributed by atoms with Crippen LogP contribution in [0.3, 0.4) is 0 Å². The SMILES string of the molecule is CC1CCC(C(=O)N(c2cc(C3CCC(C)(C)CC3)sc2C(=O)O)C2CCC(n3ccnn3)CC2)CC1. The molecular weight excluding hydrogens is 484 g/mol. The van der Waals surface area contributed by atoms with E-state index in [1.165, 1.54) is 11.3 Å². The molecule has 5 rings (SSSR count). The molecule has 3 fully saturated rings. The summed E-state index contributed by atoms with van der Waals surface area (Å²) < 4.78 is 1.93. The van der Waals surface area contributed by atoms with E-state index >= 15 is 0 Å². The molecule has 37 heavy (non-hydrogen) atoms. The molecule has 3 aliphatic rings. The molecule has 202 valence electrons. The van der Waals surface area contributed by atoms with Crippen LogP contribution in [0.15, 0.2) is 18.5 Å². The second-order valence-electron chi connectivity index (χ2n) is 12.6. The molecule has 7 nitrogen and oxygen atoms in total. The second kappa shape index (κ2) is 10.9. The molecule has 0 aliphatic heterocycles. The Bertz CT molecular complexity index is 1070. The smallest absolute Gasteiger partial charge is 0.348 e. The second-order valence-corrected chi connectivity index (χ2v) is 13.7. The molecule has 0 unspecified atom stereocenters. The molecule has 0 atom stereocenters. The van der Waals surface area contributed by atoms with Crippen LogP contribution in [0.5, 0.6) is 0 Å². The summed E-state index contributed by atoms with van der Waals surface area (Å²) in [6, 6.07) is 2.40. The van der Waals surface area contributed by atoms with E-state index in [1.807, 2.05) is 15.8 Å². The Hall–Kier alpha value is -2.22. The number of carboxylic acids is 1. The minimum absolute atomic E-state index is 0.00952. The third-order valence-corrected chi connectivity index (χ3v) is 10.7. The van der Waals surface area contributed by atoms with Gasteiger partial charge in [-0.05, 0) is 100 Å². The molecule has 8 heteroatoms. The Morgan fingerprint density at radius 3 is 2.30 bits per heavy atom. The minimum Gasteiger partial charge on any atom is -0.477 e. The van der Waals surface area contributed by atoms with Gasteiger partial charge in [0, 0.05) is 23.0 Å². The maximum atomic E-state index is 14.2. The van der Waals surface area contributed by atoms with E-state index in [-0.39, 0.29) is 23.9 Å². The Morgan fingerprint density at radius 2 is 1.70 bits per heavy atom. The zero-order chi connectivity index (χ0) is 26.2. The first-order valence-electron chi connectivity index (χ1n) is 14.3. The maximum Gasteiger partial charge on any atom is 0.348 e. The van der Waals surface area contributed by atoms with Crippen molar-refractivity contribution in [3.63, 3.8) is 0 Å². The number of carbonyl (C=O) groups is 2. The average molecular weight is 527 g/mol. The first-order chi connectivity index (χ1) is 17.7. The lowest BCUT2D eigenvalue weighted by Crippen LogP contribution is -2.46. The number of aromatic carboxylic acids is 1. The van der Waals surface area contributed by atoms with Crippen LogP contribution in [0.25, 0.3) is 0 Å². The van der Waals surface area contributed by atoms with Crippen LogP contribution in [0.2, 0.25) is 0 Å². The molecule has 2 aromatic rings. The summed E-state index contributed by atoms with van der Waals surface area (Å²) in [6.07, 6.45) is 15.6. The highest BCUT2D eigenvalue weighted by atomic mass is 32.1. The van der Waals surface area contributed by atoms with E-state index in [0.717, 1.165) is 81.9 Å². The van der Waals surface area contributed by atoms with Crippen LogP contribution >= 0.6 is 11.3 Å². The van der Waals surface area contributed by atoms with Crippen molar-refractivity contribution in [3.05, 3.63) is 28.2 Å². The van der Waals surface area contributed by atoms with Crippen LogP contribution in [0.4, 0.5) is 5.69 Å². The quantitative estimate of drug-likeness (QED) is 0.435. The summed E-state index contributed by atoms with van der Waals surface area (Å²) in [5.74, 6) is 0.278. The zero-order valence-corrected chi connectivity index (χ0v) is 23.4. The van der Waals surface area contributed by atoms with Gasteiger partial charge in [0.15, 0.2) is 0 Å². The Morgan fingerprint density at radius 1 is 1.03 bits per heavy atom. The standard InChI is InChI=1S/C29H42N4O3S/c1-19-4-6-21(7-5-19)27(34)33(23-10-8-22(9-11-23)32-17-16-30-31-32)24-18-25(37-26(24)28(35)36)20-12-14-29(2,3)15-13-20/h16-23H,4-15H2,1-3H3,(H,35,36). The van der Waals surface area contributed by atoms with Crippen molar-refractivity contribution in [2.24, 2.45) is 17.3 Å². The summed E-state index contributed by atoms with van der Waals surface area (Å²) in [6.45, 7) is 6.92. The van der Waals surface area contributed by atoms with E-state index in [1.54, 1.807) is 6.20 Å². The number of amides is 1. The lowest BCUT2D eigenvalue weighted by molar-refractivity contribution is -0.124. The average Bonchev–Trinajstić information content (AvgIpc) is 3.56. The lowest BCUT2D eigenvalue weighted by atomic mass is 9.73. The van der Waals surface area contributed by atoms with Crippen LogP contribution in [0, 0.1) is 17.3 Å². The molecule has 0 radical (unpaired) electrons. The Balaban J connectivity index is 1.44. The number of hydrogen-bond acceptors (Lipinski definition) is 5. The molecule has 1 N–H and O–H groups in total. The number of anilines is 1. The van der Waals surface area contributed by atoms with Gasteiger partial charge in [0.25, 0.3) is 0 Å². The lowest BCUT2D eigenvalue weighted by Gasteiger charge is -2.39. The van der Waals surface area contributed by atoms with Crippen molar-refractivity contribution in [3.8, 4) is 0 Å². The van der Waals surface area contributed by atoms with Crippen LogP contribution in [0.1, 0.15) is 124 Å². The van der Waals surface area contributed by atoms with Crippen LogP contribution in [-0.4, -0.2) is 38.0 Å². The number of hydrogen-bond donors (Lipinski definition) is 1. The summed E-state index contributed by atoms with van der Waals surface area (Å²) >= 11 is 1.41. The molecular formula is C29H42N4O3S. The Labute approximate surface area is 224 Å². The fraction of sp³-hybridized carbons (Fsp3) is 0.724. The molecule has 2 aromatic heterocycles. The molecule has 2 heterocycles.